The van der Waals surface area contributed by atoms with Gasteiger partial charge in [0.1, 0.15) is 0 Å². The molecule has 0 saturated carbocycles. The summed E-state index contributed by atoms with van der Waals surface area (Å²) in [6.07, 6.45) is 0.826. The minimum Gasteiger partial charge on any atom is -1.00 e. The van der Waals surface area contributed by atoms with Crippen molar-refractivity contribution in [3.05, 3.63) is 71.1 Å². The molecule has 0 aliphatic rings. The fraction of sp³-hybridized carbons (Fsp3) is 0.0769. The van der Waals surface area contributed by atoms with Crippen molar-refractivity contribution in [2.45, 2.75) is 6.42 Å². The summed E-state index contributed by atoms with van der Waals surface area (Å²) in [5.74, 6) is 0. The average Bonchev–Trinajstić information content (AvgIpc) is 2.22. The first-order chi connectivity index (χ1) is 7.24. The summed E-state index contributed by atoms with van der Waals surface area (Å²) < 4.78 is 0. The van der Waals surface area contributed by atoms with Gasteiger partial charge in [-0.2, -0.15) is 0 Å². The van der Waals surface area contributed by atoms with Crippen molar-refractivity contribution in [1.29, 1.82) is 0 Å². The largest absolute Gasteiger partial charge is 2.00 e. The monoisotopic (exact) mass is 724 g/mol. The Morgan fingerprint density at radius 1 is 0.609 bits per heavy atom. The topological polar surface area (TPSA) is 188 Å². The van der Waals surface area contributed by atoms with Crippen molar-refractivity contribution in [3.63, 3.8) is 0 Å². The predicted octanol–water partition coefficient (Wildman–Crippen LogP) is -0.704. The Balaban J connectivity index is -0.0000000640. The number of halogens is 2. The van der Waals surface area contributed by atoms with Gasteiger partial charge in [0.05, 0.1) is 0 Å². The van der Waals surface area contributed by atoms with Crippen LogP contribution in [0.25, 0.3) is 11.5 Å². The Kier molecular flexibility index (Phi) is 41.2. The Morgan fingerprint density at radius 2 is 1.09 bits per heavy atom. The van der Waals surface area contributed by atoms with Gasteiger partial charge < -0.3 is 60.9 Å². The Bertz CT molecular complexity index is 474. The fourth-order valence-corrected chi connectivity index (χ4v) is 1.54. The molecule has 2 aromatic rings. The summed E-state index contributed by atoms with van der Waals surface area (Å²) in [5.41, 5.74) is 18.3. The van der Waals surface area contributed by atoms with Gasteiger partial charge in [-0.25, -0.2) is 0 Å². The molecular weight excluding hydrogens is 701 g/mol. The zero-order valence-corrected chi connectivity index (χ0v) is 18.6. The van der Waals surface area contributed by atoms with E-state index in [1.807, 2.05) is 30.3 Å². The van der Waals surface area contributed by atoms with E-state index in [-0.39, 0.29) is 91.5 Å². The number of hydrogen-bond donors (Lipinski definition) is 4. The fourth-order valence-electron chi connectivity index (χ4n) is 1.54. The summed E-state index contributed by atoms with van der Waals surface area (Å²) in [6.45, 7) is 0. The Hall–Kier alpha value is -0.163. The van der Waals surface area contributed by atoms with Crippen molar-refractivity contribution < 1.29 is 66.9 Å². The molecule has 0 fully saturated rings. The zero-order chi connectivity index (χ0) is 10.7. The van der Waals surface area contributed by atoms with Gasteiger partial charge in [-0.05, 0) is 17.5 Å². The minimum absolute atomic E-state index is 0. The van der Waals surface area contributed by atoms with E-state index in [0.29, 0.717) is 11.4 Å². The van der Waals surface area contributed by atoms with Gasteiger partial charge in [0.2, 0.25) is 0 Å². The first-order valence-corrected chi connectivity index (χ1v) is 4.85. The third-order valence-corrected chi connectivity index (χ3v) is 2.29. The van der Waals surface area contributed by atoms with Gasteiger partial charge in [0.15, 0.2) is 0 Å². The van der Waals surface area contributed by atoms with E-state index in [9.17, 15) is 0 Å². The van der Waals surface area contributed by atoms with Gasteiger partial charge in [0, 0.05) is 0 Å². The first-order valence-electron chi connectivity index (χ1n) is 4.85. The molecule has 0 spiro atoms. The van der Waals surface area contributed by atoms with E-state index in [1.54, 1.807) is 18.2 Å². The molecule has 14 N–H and O–H groups in total. The molecule has 0 atom stereocenters. The average molecular weight is 725 g/mol. The summed E-state index contributed by atoms with van der Waals surface area (Å²) >= 11 is 0. The standard InChI is InChI=1S/C13H12N2.2ClH.4H3N.2Pt/c14-12-6-4-10(5-7-12)8-11-2-1-3-13(15)9-11;;;;;;;;/h1-7,9,14-15H,8H2;2*1H;4*1H3;;/q-2;;;;;;;2*+2/p-2. The molecule has 0 aliphatic carbocycles. The van der Waals surface area contributed by atoms with Crippen LogP contribution in [0.15, 0.2) is 48.5 Å². The maximum atomic E-state index is 7.51. The van der Waals surface area contributed by atoms with Crippen LogP contribution < -0.4 is 49.4 Å². The van der Waals surface area contributed by atoms with Gasteiger partial charge >= 0.3 is 42.1 Å². The number of nitrogens with one attached hydrogen (secondary N) is 2. The normalized spacial score (nSPS) is 6.61. The number of rotatable bonds is 2. The Labute approximate surface area is 179 Å². The van der Waals surface area contributed by atoms with Crippen LogP contribution in [0.5, 0.6) is 0 Å². The van der Waals surface area contributed by atoms with Crippen molar-refractivity contribution in [2.75, 3.05) is 0 Å². The van der Waals surface area contributed by atoms with E-state index in [0.717, 1.165) is 12.0 Å². The van der Waals surface area contributed by atoms with Crippen LogP contribution in [0.4, 0.5) is 11.4 Å². The molecule has 0 unspecified atom stereocenters. The predicted molar refractivity (Wildman–Crippen MR) is 83.7 cm³/mol. The zero-order valence-electron chi connectivity index (χ0n) is 12.5. The molecule has 0 heterocycles. The first kappa shape index (κ1) is 43.4. The van der Waals surface area contributed by atoms with E-state index in [4.69, 9.17) is 11.5 Å². The van der Waals surface area contributed by atoms with Crippen molar-refractivity contribution >= 4 is 11.4 Å². The molecule has 23 heavy (non-hydrogen) atoms. The molecule has 0 bridgehead atoms. The summed E-state index contributed by atoms with van der Waals surface area (Å²) in [7, 11) is 0. The Morgan fingerprint density at radius 3 is 1.52 bits per heavy atom. The molecule has 0 radical (unpaired) electrons. The summed E-state index contributed by atoms with van der Waals surface area (Å²) in [5, 5.41) is 0. The molecule has 0 aliphatic heterocycles. The smallest absolute Gasteiger partial charge is 1.00 e. The van der Waals surface area contributed by atoms with Gasteiger partial charge in [-0.3, -0.25) is 0 Å². The van der Waals surface area contributed by atoms with Crippen LogP contribution in [-0.2, 0) is 48.6 Å². The van der Waals surface area contributed by atoms with Crippen LogP contribution >= 0.6 is 0 Å². The van der Waals surface area contributed by atoms with E-state index < -0.39 is 0 Å². The molecule has 6 nitrogen and oxygen atoms in total. The molecule has 0 saturated heterocycles. The van der Waals surface area contributed by atoms with E-state index in [1.165, 1.54) is 5.56 Å². The second-order valence-corrected chi connectivity index (χ2v) is 3.57. The molecule has 2 aromatic carbocycles. The third kappa shape index (κ3) is 15.1. The van der Waals surface area contributed by atoms with Crippen LogP contribution in [0, 0.1) is 0 Å². The third-order valence-electron chi connectivity index (χ3n) is 2.29. The molecule has 140 valence electrons. The van der Waals surface area contributed by atoms with Crippen molar-refractivity contribution in [3.8, 4) is 0 Å². The maximum absolute atomic E-state index is 7.51. The van der Waals surface area contributed by atoms with Crippen LogP contribution in [0.1, 0.15) is 11.1 Å². The second-order valence-electron chi connectivity index (χ2n) is 3.57. The van der Waals surface area contributed by atoms with Gasteiger partial charge in [0.25, 0.3) is 0 Å². The summed E-state index contributed by atoms with van der Waals surface area (Å²) in [6, 6.07) is 15.1. The van der Waals surface area contributed by atoms with Gasteiger partial charge in [-0.15, -0.1) is 11.4 Å². The molecule has 0 aromatic heterocycles. The number of hydrogen-bond acceptors (Lipinski definition) is 4. The molecule has 2 rings (SSSR count). The van der Waals surface area contributed by atoms with Crippen LogP contribution in [0.3, 0.4) is 0 Å². The minimum atomic E-state index is 0. The quantitative estimate of drug-likeness (QED) is 0.319. The van der Waals surface area contributed by atoms with E-state index in [2.05, 4.69) is 0 Å². The van der Waals surface area contributed by atoms with E-state index >= 15 is 0 Å². The van der Waals surface area contributed by atoms with Crippen molar-refractivity contribution in [2.24, 2.45) is 0 Å². The van der Waals surface area contributed by atoms with Crippen molar-refractivity contribution in [1.82, 2.24) is 24.6 Å². The molecule has 10 heteroatoms. The molecule has 0 amide bonds. The second kappa shape index (κ2) is 21.8. The maximum Gasteiger partial charge on any atom is 2.00 e. The summed E-state index contributed by atoms with van der Waals surface area (Å²) in [4.78, 5) is 0. The van der Waals surface area contributed by atoms with Crippen LogP contribution in [0.2, 0.25) is 0 Å². The molecular formula is C13H24Cl2N6Pt2. The number of benzene rings is 2. The SMILES string of the molecule is N.N.N.N.[Cl-].[Cl-].[NH-]c1ccc(Cc2cccc([NH-])c2)cc1.[Pt+2].[Pt+2]. The van der Waals surface area contributed by atoms with Crippen LogP contribution in [-0.4, -0.2) is 0 Å². The van der Waals surface area contributed by atoms with Gasteiger partial charge in [-0.1, -0.05) is 48.5 Å².